The van der Waals surface area contributed by atoms with Crippen LogP contribution in [0, 0.1) is 0 Å². The van der Waals surface area contributed by atoms with Gasteiger partial charge >= 0.3 is 6.03 Å². The molecule has 116 valence electrons. The molecule has 0 saturated heterocycles. The van der Waals surface area contributed by atoms with Crippen LogP contribution in [0.3, 0.4) is 0 Å². The van der Waals surface area contributed by atoms with E-state index < -0.39 is 0 Å². The Morgan fingerprint density at radius 3 is 2.77 bits per heavy atom. The number of nitrogens with one attached hydrogen (secondary N) is 1. The third-order valence-electron chi connectivity index (χ3n) is 4.28. The molecule has 3 rings (SSSR count). The summed E-state index contributed by atoms with van der Waals surface area (Å²) in [6.45, 7) is 0.564. The summed E-state index contributed by atoms with van der Waals surface area (Å²) in [6, 6.07) is 10.2. The maximum Gasteiger partial charge on any atom is 0.317 e. The number of nitrogens with zero attached hydrogens (tertiary/aromatic N) is 4. The highest BCUT2D eigenvalue weighted by Gasteiger charge is 2.27. The van der Waals surface area contributed by atoms with E-state index in [9.17, 15) is 4.79 Å². The molecule has 1 fully saturated rings. The Morgan fingerprint density at radius 2 is 2.18 bits per heavy atom. The number of aromatic nitrogens is 3. The molecule has 1 atom stereocenters. The number of hydrogen-bond acceptors (Lipinski definition) is 3. The van der Waals surface area contributed by atoms with Gasteiger partial charge in [-0.25, -0.2) is 9.78 Å². The Kier molecular flexibility index (Phi) is 4.37. The first-order valence-electron chi connectivity index (χ1n) is 7.64. The molecule has 2 amide bonds. The van der Waals surface area contributed by atoms with Crippen LogP contribution in [0.4, 0.5) is 4.79 Å². The van der Waals surface area contributed by atoms with E-state index in [-0.39, 0.29) is 12.1 Å². The third kappa shape index (κ3) is 3.27. The van der Waals surface area contributed by atoms with Gasteiger partial charge in [0.1, 0.15) is 12.7 Å². The number of hydrogen-bond donors (Lipinski definition) is 1. The van der Waals surface area contributed by atoms with Gasteiger partial charge in [-0.2, -0.15) is 5.10 Å². The van der Waals surface area contributed by atoms with Gasteiger partial charge in [0.15, 0.2) is 0 Å². The van der Waals surface area contributed by atoms with Crippen molar-refractivity contribution in [3.63, 3.8) is 0 Å². The van der Waals surface area contributed by atoms with Crippen LogP contribution in [-0.4, -0.2) is 38.8 Å². The number of urea groups is 1. The second-order valence-corrected chi connectivity index (χ2v) is 5.73. The van der Waals surface area contributed by atoms with E-state index in [0.717, 1.165) is 18.4 Å². The minimum atomic E-state index is -0.127. The zero-order valence-corrected chi connectivity index (χ0v) is 12.7. The summed E-state index contributed by atoms with van der Waals surface area (Å²) in [6.07, 6.45) is 6.58. The Bertz CT molecular complexity index is 594. The lowest BCUT2D eigenvalue weighted by Gasteiger charge is -2.35. The first kappa shape index (κ1) is 14.6. The third-order valence-corrected chi connectivity index (χ3v) is 4.28. The largest absolute Gasteiger partial charge is 0.329 e. The molecule has 1 saturated carbocycles. The molecule has 0 bridgehead atoms. The van der Waals surface area contributed by atoms with Gasteiger partial charge in [-0.15, -0.1) is 0 Å². The average molecular weight is 299 g/mol. The number of carbonyl (C=O) groups excluding carboxylic acids is 1. The molecule has 0 spiro atoms. The normalized spacial score (nSPS) is 15.9. The van der Waals surface area contributed by atoms with Crippen molar-refractivity contribution in [3.8, 4) is 0 Å². The first-order chi connectivity index (χ1) is 10.7. The highest BCUT2D eigenvalue weighted by Crippen LogP contribution is 2.24. The second-order valence-electron chi connectivity index (χ2n) is 5.73. The first-order valence-corrected chi connectivity index (χ1v) is 7.64. The Balaban J connectivity index is 1.71. The molecule has 0 unspecified atom stereocenters. The summed E-state index contributed by atoms with van der Waals surface area (Å²) >= 11 is 0. The fourth-order valence-electron chi connectivity index (χ4n) is 2.62. The van der Waals surface area contributed by atoms with Crippen LogP contribution in [0.2, 0.25) is 0 Å². The van der Waals surface area contributed by atoms with E-state index in [2.05, 4.69) is 15.4 Å². The van der Waals surface area contributed by atoms with Gasteiger partial charge in [-0.3, -0.25) is 4.68 Å². The van der Waals surface area contributed by atoms with Crippen LogP contribution in [0.15, 0.2) is 43.0 Å². The summed E-state index contributed by atoms with van der Waals surface area (Å²) in [5.41, 5.74) is 1.06. The van der Waals surface area contributed by atoms with E-state index in [1.54, 1.807) is 11.0 Å². The lowest BCUT2D eigenvalue weighted by atomic mass is 9.92. The minimum Gasteiger partial charge on any atom is -0.329 e. The lowest BCUT2D eigenvalue weighted by Crippen LogP contribution is -2.48. The maximum absolute atomic E-state index is 12.5. The van der Waals surface area contributed by atoms with Crippen LogP contribution in [0.5, 0.6) is 0 Å². The average Bonchev–Trinajstić information content (AvgIpc) is 2.98. The zero-order valence-electron chi connectivity index (χ0n) is 12.7. The van der Waals surface area contributed by atoms with E-state index >= 15 is 0 Å². The Labute approximate surface area is 130 Å². The SMILES string of the molecule is CN(C(=O)N[C@@H](Cn1cncn1)c1ccccc1)C1CCC1. The van der Waals surface area contributed by atoms with E-state index in [0.29, 0.717) is 12.6 Å². The second kappa shape index (κ2) is 6.60. The standard InChI is InChI=1S/C16H21N5O/c1-20(14-8-5-9-14)16(22)19-15(10-21-12-17-11-18-21)13-6-3-2-4-7-13/h2-4,6-7,11-12,14-15H,5,8-10H2,1H3,(H,19,22)/t15-/m0/s1. The molecule has 1 N–H and O–H groups in total. The highest BCUT2D eigenvalue weighted by atomic mass is 16.2. The summed E-state index contributed by atoms with van der Waals surface area (Å²) < 4.78 is 1.74. The number of carbonyl (C=O) groups is 1. The van der Waals surface area contributed by atoms with Crippen LogP contribution in [0.25, 0.3) is 0 Å². The van der Waals surface area contributed by atoms with Gasteiger partial charge in [-0.1, -0.05) is 30.3 Å². The summed E-state index contributed by atoms with van der Waals surface area (Å²) in [5, 5.41) is 7.26. The molecule has 0 radical (unpaired) electrons. The Morgan fingerprint density at radius 1 is 1.41 bits per heavy atom. The van der Waals surface area contributed by atoms with Crippen molar-refractivity contribution >= 4 is 6.03 Å². The van der Waals surface area contributed by atoms with E-state index in [1.807, 2.05) is 42.3 Å². The number of amides is 2. The fourth-order valence-corrected chi connectivity index (χ4v) is 2.62. The molecule has 6 nitrogen and oxygen atoms in total. The molecular formula is C16H21N5O. The maximum atomic E-state index is 12.5. The molecule has 1 aliphatic rings. The van der Waals surface area contributed by atoms with Crippen LogP contribution in [-0.2, 0) is 6.54 Å². The molecule has 2 aromatic rings. The van der Waals surface area contributed by atoms with Crippen molar-refractivity contribution in [1.29, 1.82) is 0 Å². The fraction of sp³-hybridized carbons (Fsp3) is 0.438. The topological polar surface area (TPSA) is 63.1 Å². The molecule has 1 aromatic carbocycles. The molecular weight excluding hydrogens is 278 g/mol. The predicted octanol–water partition coefficient (Wildman–Crippen LogP) is 2.21. The molecule has 1 aromatic heterocycles. The van der Waals surface area contributed by atoms with Crippen molar-refractivity contribution in [2.24, 2.45) is 0 Å². The lowest BCUT2D eigenvalue weighted by molar-refractivity contribution is 0.153. The van der Waals surface area contributed by atoms with E-state index in [4.69, 9.17) is 0 Å². The molecule has 1 heterocycles. The van der Waals surface area contributed by atoms with Crippen molar-refractivity contribution < 1.29 is 4.79 Å². The van der Waals surface area contributed by atoms with Gasteiger partial charge in [0.05, 0.1) is 12.6 Å². The molecule has 0 aliphatic heterocycles. The van der Waals surface area contributed by atoms with Crippen LogP contribution in [0.1, 0.15) is 30.9 Å². The summed E-state index contributed by atoms with van der Waals surface area (Å²) in [5.74, 6) is 0. The molecule has 22 heavy (non-hydrogen) atoms. The minimum absolute atomic E-state index is 0.0290. The van der Waals surface area contributed by atoms with E-state index in [1.165, 1.54) is 12.7 Å². The zero-order chi connectivity index (χ0) is 15.4. The van der Waals surface area contributed by atoms with Crippen molar-refractivity contribution in [1.82, 2.24) is 25.0 Å². The predicted molar refractivity (Wildman–Crippen MR) is 83.1 cm³/mol. The summed E-state index contributed by atoms with van der Waals surface area (Å²) in [4.78, 5) is 18.2. The van der Waals surface area contributed by atoms with Gasteiger partial charge in [0.2, 0.25) is 0 Å². The monoisotopic (exact) mass is 299 g/mol. The van der Waals surface area contributed by atoms with Crippen molar-refractivity contribution in [3.05, 3.63) is 48.5 Å². The molecule has 1 aliphatic carbocycles. The van der Waals surface area contributed by atoms with Crippen molar-refractivity contribution in [2.45, 2.75) is 37.9 Å². The van der Waals surface area contributed by atoms with Gasteiger partial charge in [0.25, 0.3) is 0 Å². The van der Waals surface area contributed by atoms with Crippen molar-refractivity contribution in [2.75, 3.05) is 7.05 Å². The van der Waals surface area contributed by atoms with Gasteiger partial charge in [-0.05, 0) is 24.8 Å². The number of benzene rings is 1. The smallest absolute Gasteiger partial charge is 0.317 e. The quantitative estimate of drug-likeness (QED) is 0.920. The molecule has 6 heteroatoms. The van der Waals surface area contributed by atoms with Gasteiger partial charge in [0, 0.05) is 13.1 Å². The Hall–Kier alpha value is -2.37. The summed E-state index contributed by atoms with van der Waals surface area (Å²) in [7, 11) is 1.87. The number of rotatable bonds is 5. The highest BCUT2D eigenvalue weighted by molar-refractivity contribution is 5.74. The van der Waals surface area contributed by atoms with Crippen LogP contribution >= 0.6 is 0 Å². The van der Waals surface area contributed by atoms with Gasteiger partial charge < -0.3 is 10.2 Å². The van der Waals surface area contributed by atoms with Crippen LogP contribution < -0.4 is 5.32 Å².